The van der Waals surface area contributed by atoms with Crippen LogP contribution in [0.4, 0.5) is 27.8 Å². The Kier molecular flexibility index (Phi) is 7.79. The van der Waals surface area contributed by atoms with E-state index in [1.807, 2.05) is 6.07 Å². The average molecular weight is 715 g/mol. The number of aromatic nitrogens is 1. The van der Waals surface area contributed by atoms with Gasteiger partial charge in [0, 0.05) is 46.6 Å². The molecule has 0 saturated heterocycles. The van der Waals surface area contributed by atoms with Gasteiger partial charge in [0.2, 0.25) is 17.2 Å². The van der Waals surface area contributed by atoms with Crippen molar-refractivity contribution in [1.82, 2.24) is 9.56 Å². The minimum Gasteiger partial charge on any atom is -0.506 e. The van der Waals surface area contributed by atoms with Crippen LogP contribution in [-0.4, -0.2) is 20.9 Å². The van der Waals surface area contributed by atoms with Crippen LogP contribution >= 0.6 is 23.1 Å². The van der Waals surface area contributed by atoms with Crippen LogP contribution in [0.25, 0.3) is 15.8 Å². The number of rotatable bonds is 6. The molecular formula is C45H36N3O2S2+. The summed E-state index contributed by atoms with van der Waals surface area (Å²) in [5.74, 6) is -0.0437. The predicted octanol–water partition coefficient (Wildman–Crippen LogP) is 12.0. The van der Waals surface area contributed by atoms with Gasteiger partial charge in [-0.1, -0.05) is 70.8 Å². The van der Waals surface area contributed by atoms with Crippen molar-refractivity contribution in [2.75, 3.05) is 4.90 Å². The Morgan fingerprint density at radius 3 is 1.73 bits per heavy atom. The molecule has 1 aliphatic heterocycles. The highest BCUT2D eigenvalue weighted by Gasteiger charge is 2.41. The number of aromatic amines is 1. The van der Waals surface area contributed by atoms with Crippen LogP contribution in [0, 0.1) is 27.7 Å². The van der Waals surface area contributed by atoms with Gasteiger partial charge < -0.3 is 15.0 Å². The van der Waals surface area contributed by atoms with E-state index in [9.17, 15) is 9.90 Å². The standard InChI is InChI=1S/C45H35N3O2S2/c1-26-5-13-32(14-6-26)47(33-15-7-27(2)8-16-33)40-23-30-21-31(22-38(30)51-40)42-44(49)43(45(42)50)37-24-39-36(46-37)25-41(52-39)48(34-17-9-28(3)10-18-34)35-19-11-29(4)12-20-35/h5-20,22-25H,21H2,1-4H3,(H,49,50)/p+1. The second-order valence-electron chi connectivity index (χ2n) is 13.8. The van der Waals surface area contributed by atoms with E-state index < -0.39 is 0 Å². The van der Waals surface area contributed by atoms with E-state index in [1.54, 1.807) is 23.1 Å². The van der Waals surface area contributed by atoms with E-state index in [4.69, 9.17) is 0 Å². The zero-order valence-electron chi connectivity index (χ0n) is 29.3. The molecule has 4 aromatic carbocycles. The normalized spacial score (nSPS) is 16.7. The van der Waals surface area contributed by atoms with Crippen molar-refractivity contribution in [1.29, 1.82) is 0 Å². The summed E-state index contributed by atoms with van der Waals surface area (Å²) in [5.41, 5.74) is 13.6. The molecule has 9 rings (SSSR count). The van der Waals surface area contributed by atoms with Gasteiger partial charge in [-0.2, -0.15) is 0 Å². The van der Waals surface area contributed by atoms with Gasteiger partial charge in [-0.25, -0.2) is 0 Å². The Morgan fingerprint density at radius 2 is 1.23 bits per heavy atom. The number of aliphatic hydroxyl groups is 1. The van der Waals surface area contributed by atoms with Crippen LogP contribution in [0.3, 0.4) is 0 Å². The molecule has 0 fully saturated rings. The van der Waals surface area contributed by atoms with Gasteiger partial charge in [0.1, 0.15) is 10.8 Å². The summed E-state index contributed by atoms with van der Waals surface area (Å²) in [7, 11) is 0. The molecule has 2 N–H and O–H groups in total. The first-order chi connectivity index (χ1) is 25.2. The summed E-state index contributed by atoms with van der Waals surface area (Å²) in [4.78, 5) is 20.5. The number of aliphatic hydroxyl groups excluding tert-OH is 1. The SMILES string of the molecule is Cc1ccc(N(c2ccc(C)cc2)c2cc3[nH]c(C4=C(O)C(=C5C=C6SC(=[N+](c7ccc(C)cc7)c7ccc(C)cc7)C=C6C5)C4=O)cc3s2)cc1. The second kappa shape index (κ2) is 12.5. The number of aryl methyl sites for hydroxylation is 4. The highest BCUT2D eigenvalue weighted by molar-refractivity contribution is 8.18. The molecule has 0 saturated carbocycles. The summed E-state index contributed by atoms with van der Waals surface area (Å²) in [6.07, 6.45) is 4.91. The molecule has 5 nitrogen and oxygen atoms in total. The number of hydrogen-bond acceptors (Lipinski definition) is 5. The Balaban J connectivity index is 1.01. The fraction of sp³-hybridized carbons (Fsp3) is 0.111. The third-order valence-corrected chi connectivity index (χ3v) is 12.1. The number of hydrogen-bond donors (Lipinski definition) is 2. The molecular weight excluding hydrogens is 679 g/mol. The van der Waals surface area contributed by atoms with Crippen LogP contribution in [0.1, 0.15) is 34.4 Å². The number of benzene rings is 4. The Morgan fingerprint density at radius 1 is 0.692 bits per heavy atom. The van der Waals surface area contributed by atoms with Gasteiger partial charge in [-0.15, -0.1) is 15.9 Å². The van der Waals surface area contributed by atoms with Crippen LogP contribution in [0.5, 0.6) is 0 Å². The minimum absolute atomic E-state index is 0.0719. The van der Waals surface area contributed by atoms with E-state index in [0.29, 0.717) is 23.3 Å². The first-order valence-corrected chi connectivity index (χ1v) is 19.0. The van der Waals surface area contributed by atoms with Gasteiger partial charge in [0.05, 0.1) is 27.1 Å². The summed E-state index contributed by atoms with van der Waals surface area (Å²) < 4.78 is 3.31. The Hall–Kier alpha value is -5.63. The molecule has 2 aromatic heterocycles. The number of allylic oxidation sites excluding steroid dienone is 5. The lowest BCUT2D eigenvalue weighted by atomic mass is 9.82. The number of Topliss-reactive ketones (excluding diaryl/α,β-unsaturated/α-hetero) is 1. The first kappa shape index (κ1) is 32.3. The maximum absolute atomic E-state index is 13.7. The first-order valence-electron chi connectivity index (χ1n) is 17.4. The van der Waals surface area contributed by atoms with Crippen LogP contribution in [0.15, 0.2) is 149 Å². The minimum atomic E-state index is -0.116. The number of anilines is 3. The molecule has 0 unspecified atom stereocenters. The average Bonchev–Trinajstić information content (AvgIpc) is 3.89. The number of nitrogens with zero attached hydrogens (tertiary/aromatic N) is 2. The van der Waals surface area contributed by atoms with E-state index in [0.717, 1.165) is 53.5 Å². The molecule has 0 radical (unpaired) electrons. The highest BCUT2D eigenvalue weighted by atomic mass is 32.2. The molecule has 2 aliphatic carbocycles. The van der Waals surface area contributed by atoms with E-state index in [2.05, 4.69) is 157 Å². The van der Waals surface area contributed by atoms with E-state index in [1.165, 1.54) is 27.8 Å². The van der Waals surface area contributed by atoms with Gasteiger partial charge in [-0.05, 0) is 99.5 Å². The number of carbonyl (C=O) groups is 1. The number of thiophene rings is 1. The third-order valence-electron chi connectivity index (χ3n) is 9.94. The molecule has 52 heavy (non-hydrogen) atoms. The lowest BCUT2D eigenvalue weighted by Gasteiger charge is -2.24. The van der Waals surface area contributed by atoms with Crippen LogP contribution in [-0.2, 0) is 4.79 Å². The fourth-order valence-corrected chi connectivity index (χ4v) is 9.35. The van der Waals surface area contributed by atoms with Crippen molar-refractivity contribution >= 4 is 77.5 Å². The van der Waals surface area contributed by atoms with Crippen LogP contribution in [0.2, 0.25) is 0 Å². The maximum atomic E-state index is 13.7. The number of carbonyl (C=O) groups excluding carboxylic acids is 1. The number of nitrogens with one attached hydrogen (secondary N) is 1. The van der Waals surface area contributed by atoms with Crippen molar-refractivity contribution in [2.24, 2.45) is 0 Å². The zero-order valence-corrected chi connectivity index (χ0v) is 31.0. The number of ketones is 1. The number of H-pyrrole nitrogens is 1. The summed E-state index contributed by atoms with van der Waals surface area (Å²) in [6.45, 7) is 8.39. The Labute approximate surface area is 311 Å². The molecule has 0 bridgehead atoms. The fourth-order valence-electron chi connectivity index (χ4n) is 7.06. The highest BCUT2D eigenvalue weighted by Crippen LogP contribution is 2.49. The zero-order chi connectivity index (χ0) is 35.7. The van der Waals surface area contributed by atoms with E-state index >= 15 is 0 Å². The summed E-state index contributed by atoms with van der Waals surface area (Å²) in [6, 6.07) is 38.4. The topological polar surface area (TPSA) is 59.3 Å². The molecule has 0 amide bonds. The maximum Gasteiger partial charge on any atom is 0.251 e. The van der Waals surface area contributed by atoms with Crippen molar-refractivity contribution < 1.29 is 9.90 Å². The third kappa shape index (κ3) is 5.57. The van der Waals surface area contributed by atoms with Crippen molar-refractivity contribution in [3.05, 3.63) is 177 Å². The Bertz CT molecular complexity index is 2470. The van der Waals surface area contributed by atoms with Gasteiger partial charge in [-0.3, -0.25) is 4.79 Å². The van der Waals surface area contributed by atoms with Crippen molar-refractivity contribution in [3.8, 4) is 0 Å². The van der Waals surface area contributed by atoms with Crippen molar-refractivity contribution in [3.63, 3.8) is 0 Å². The number of thioether (sulfide) groups is 1. The molecule has 254 valence electrons. The second-order valence-corrected chi connectivity index (χ2v) is 15.9. The molecule has 3 aliphatic rings. The van der Waals surface area contributed by atoms with Gasteiger partial charge in [0.25, 0.3) is 5.04 Å². The van der Waals surface area contributed by atoms with E-state index in [-0.39, 0.29) is 11.5 Å². The van der Waals surface area contributed by atoms with Crippen LogP contribution < -0.4 is 9.48 Å². The molecule has 0 atom stereocenters. The monoisotopic (exact) mass is 714 g/mol. The molecule has 6 aromatic rings. The smallest absolute Gasteiger partial charge is 0.251 e. The molecule has 0 spiro atoms. The number of fused-ring (bicyclic) bond motifs is 2. The van der Waals surface area contributed by atoms with Gasteiger partial charge >= 0.3 is 0 Å². The van der Waals surface area contributed by atoms with Crippen molar-refractivity contribution in [2.45, 2.75) is 34.1 Å². The quantitative estimate of drug-likeness (QED) is 0.133. The van der Waals surface area contributed by atoms with Gasteiger partial charge in [0.15, 0.2) is 0 Å². The lowest BCUT2D eigenvalue weighted by molar-refractivity contribution is -0.111. The summed E-state index contributed by atoms with van der Waals surface area (Å²) in [5, 5.41) is 13.5. The molecule has 3 heterocycles. The largest absolute Gasteiger partial charge is 0.506 e. The predicted molar refractivity (Wildman–Crippen MR) is 219 cm³/mol. The molecule has 7 heteroatoms. The lowest BCUT2D eigenvalue weighted by Crippen LogP contribution is -2.22. The summed E-state index contributed by atoms with van der Waals surface area (Å²) >= 11 is 3.37.